The lowest BCUT2D eigenvalue weighted by Gasteiger charge is -2.18. The van der Waals surface area contributed by atoms with Crippen LogP contribution >= 0.6 is 0 Å². The Balaban J connectivity index is 1.67. The maximum atomic E-state index is 12.9. The monoisotopic (exact) mass is 400 g/mol. The largest absolute Gasteiger partial charge is 0.349 e. The molecule has 0 heterocycles. The third-order valence-electron chi connectivity index (χ3n) is 5.30. The van der Waals surface area contributed by atoms with Gasteiger partial charge in [-0.1, -0.05) is 38.1 Å². The molecule has 2 aromatic carbocycles. The van der Waals surface area contributed by atoms with Gasteiger partial charge in [0.1, 0.15) is 0 Å². The molecule has 1 aliphatic rings. The van der Waals surface area contributed by atoms with E-state index < -0.39 is 10.0 Å². The Hall–Kier alpha value is -2.18. The van der Waals surface area contributed by atoms with Crippen LogP contribution in [0.15, 0.2) is 53.4 Å². The lowest BCUT2D eigenvalue weighted by atomic mass is 9.99. The lowest BCUT2D eigenvalue weighted by Crippen LogP contribution is -2.27. The highest BCUT2D eigenvalue weighted by Gasteiger charge is 2.24. The molecule has 1 unspecified atom stereocenters. The van der Waals surface area contributed by atoms with Gasteiger partial charge < -0.3 is 5.32 Å². The molecule has 1 N–H and O–H groups in total. The molecule has 1 aliphatic carbocycles. The standard InChI is InChI=1S/C22H28N2O3S/c1-4-16(2)18-9-13-21(14-10-18)28(26,27)24(3)15-17-5-7-19(8-6-17)22(25)23-20-11-12-20/h5-10,13-14,16,20H,4,11-12,15H2,1-3H3,(H,23,25). The van der Waals surface area contributed by atoms with Crippen molar-refractivity contribution in [3.63, 3.8) is 0 Å². The molecule has 0 aliphatic heterocycles. The first kappa shape index (κ1) is 20.6. The molecule has 6 heteroatoms. The van der Waals surface area contributed by atoms with E-state index in [2.05, 4.69) is 19.2 Å². The van der Waals surface area contributed by atoms with Crippen LogP contribution in [0.5, 0.6) is 0 Å². The zero-order chi connectivity index (χ0) is 20.3. The van der Waals surface area contributed by atoms with Crippen molar-refractivity contribution in [1.82, 2.24) is 9.62 Å². The van der Waals surface area contributed by atoms with Crippen LogP contribution in [0.4, 0.5) is 0 Å². The van der Waals surface area contributed by atoms with Crippen molar-refractivity contribution in [3.05, 3.63) is 65.2 Å². The Morgan fingerprint density at radius 3 is 2.25 bits per heavy atom. The van der Waals surface area contributed by atoms with E-state index in [1.807, 2.05) is 12.1 Å². The third kappa shape index (κ3) is 4.80. The zero-order valence-electron chi connectivity index (χ0n) is 16.7. The van der Waals surface area contributed by atoms with Crippen LogP contribution in [0.3, 0.4) is 0 Å². The fourth-order valence-electron chi connectivity index (χ4n) is 2.98. The predicted octanol–water partition coefficient (Wildman–Crippen LogP) is 3.91. The van der Waals surface area contributed by atoms with E-state index in [0.717, 1.165) is 30.4 Å². The van der Waals surface area contributed by atoms with Crippen LogP contribution in [0.2, 0.25) is 0 Å². The summed E-state index contributed by atoms with van der Waals surface area (Å²) in [5.41, 5.74) is 2.58. The number of hydrogen-bond donors (Lipinski definition) is 1. The highest BCUT2D eigenvalue weighted by molar-refractivity contribution is 7.89. The summed E-state index contributed by atoms with van der Waals surface area (Å²) in [5, 5.41) is 2.95. The fraction of sp³-hybridized carbons (Fsp3) is 0.409. The summed E-state index contributed by atoms with van der Waals surface area (Å²) in [6.07, 6.45) is 3.11. The number of amides is 1. The van der Waals surface area contributed by atoms with Crippen LogP contribution in [0, 0.1) is 0 Å². The van der Waals surface area contributed by atoms with Gasteiger partial charge in [0.05, 0.1) is 4.90 Å². The Morgan fingerprint density at radius 2 is 1.71 bits per heavy atom. The summed E-state index contributed by atoms with van der Waals surface area (Å²) in [4.78, 5) is 12.3. The van der Waals surface area contributed by atoms with Gasteiger partial charge in [-0.3, -0.25) is 4.79 Å². The molecular weight excluding hydrogens is 372 g/mol. The minimum atomic E-state index is -3.57. The number of carbonyl (C=O) groups is 1. The molecule has 1 fully saturated rings. The van der Waals surface area contributed by atoms with Gasteiger partial charge in [-0.25, -0.2) is 8.42 Å². The van der Waals surface area contributed by atoms with E-state index in [1.165, 1.54) is 4.31 Å². The molecular formula is C22H28N2O3S. The van der Waals surface area contributed by atoms with Crippen molar-refractivity contribution in [2.45, 2.75) is 56.5 Å². The van der Waals surface area contributed by atoms with Gasteiger partial charge in [-0.15, -0.1) is 0 Å². The SMILES string of the molecule is CCC(C)c1ccc(S(=O)(=O)N(C)Cc2ccc(C(=O)NC3CC3)cc2)cc1. The van der Waals surface area contributed by atoms with Crippen molar-refractivity contribution in [3.8, 4) is 0 Å². The summed E-state index contributed by atoms with van der Waals surface area (Å²) in [6.45, 7) is 4.49. The summed E-state index contributed by atoms with van der Waals surface area (Å²) >= 11 is 0. The van der Waals surface area contributed by atoms with Crippen LogP contribution in [0.25, 0.3) is 0 Å². The van der Waals surface area contributed by atoms with Gasteiger partial charge in [-0.2, -0.15) is 4.31 Å². The second-order valence-electron chi connectivity index (χ2n) is 7.58. The van der Waals surface area contributed by atoms with Crippen molar-refractivity contribution < 1.29 is 13.2 Å². The molecule has 0 bridgehead atoms. The average Bonchev–Trinajstić information content (AvgIpc) is 3.51. The Labute approximate surface area is 167 Å². The minimum Gasteiger partial charge on any atom is -0.349 e. The molecule has 1 amide bonds. The Bertz CT molecular complexity index is 917. The van der Waals surface area contributed by atoms with E-state index >= 15 is 0 Å². The Kier molecular flexibility index (Phi) is 6.20. The van der Waals surface area contributed by atoms with Gasteiger partial charge in [0.25, 0.3) is 5.91 Å². The van der Waals surface area contributed by atoms with Crippen LogP contribution in [-0.2, 0) is 16.6 Å². The number of rotatable bonds is 8. The van der Waals surface area contributed by atoms with Gasteiger partial charge in [0, 0.05) is 25.2 Å². The topological polar surface area (TPSA) is 66.5 Å². The number of carbonyl (C=O) groups excluding carboxylic acids is 1. The molecule has 150 valence electrons. The van der Waals surface area contributed by atoms with Crippen LogP contribution in [0.1, 0.15) is 60.5 Å². The Morgan fingerprint density at radius 1 is 1.11 bits per heavy atom. The van der Waals surface area contributed by atoms with Crippen molar-refractivity contribution in [1.29, 1.82) is 0 Å². The van der Waals surface area contributed by atoms with Crippen LogP contribution in [-0.4, -0.2) is 31.7 Å². The summed E-state index contributed by atoms with van der Waals surface area (Å²) in [5.74, 6) is 0.335. The van der Waals surface area contributed by atoms with Gasteiger partial charge in [0.2, 0.25) is 10.0 Å². The summed E-state index contributed by atoms with van der Waals surface area (Å²) in [6, 6.07) is 14.6. The van der Waals surface area contributed by atoms with E-state index in [0.29, 0.717) is 22.4 Å². The molecule has 0 saturated heterocycles. The summed E-state index contributed by atoms with van der Waals surface area (Å²) < 4.78 is 27.0. The molecule has 2 aromatic rings. The molecule has 3 rings (SSSR count). The van der Waals surface area contributed by atoms with Gasteiger partial charge in [-0.05, 0) is 60.6 Å². The fourth-order valence-corrected chi connectivity index (χ4v) is 4.14. The smallest absolute Gasteiger partial charge is 0.251 e. The van der Waals surface area contributed by atoms with Gasteiger partial charge >= 0.3 is 0 Å². The molecule has 0 spiro atoms. The highest BCUT2D eigenvalue weighted by atomic mass is 32.2. The molecule has 5 nitrogen and oxygen atoms in total. The molecule has 0 radical (unpaired) electrons. The first-order valence-corrected chi connectivity index (χ1v) is 11.2. The lowest BCUT2D eigenvalue weighted by molar-refractivity contribution is 0.0951. The summed E-state index contributed by atoms with van der Waals surface area (Å²) in [7, 11) is -1.99. The van der Waals surface area contributed by atoms with Crippen LogP contribution < -0.4 is 5.32 Å². The number of hydrogen-bond acceptors (Lipinski definition) is 3. The molecule has 28 heavy (non-hydrogen) atoms. The van der Waals surface area contributed by atoms with Gasteiger partial charge in [0.15, 0.2) is 0 Å². The first-order valence-electron chi connectivity index (χ1n) is 9.77. The quantitative estimate of drug-likeness (QED) is 0.730. The van der Waals surface area contributed by atoms with E-state index in [1.54, 1.807) is 43.4 Å². The highest BCUT2D eigenvalue weighted by Crippen LogP contribution is 2.23. The number of nitrogens with one attached hydrogen (secondary N) is 1. The minimum absolute atomic E-state index is 0.0728. The predicted molar refractivity (Wildman–Crippen MR) is 111 cm³/mol. The van der Waals surface area contributed by atoms with Crippen molar-refractivity contribution in [2.24, 2.45) is 0 Å². The molecule has 1 saturated carbocycles. The number of nitrogens with zero attached hydrogens (tertiary/aromatic N) is 1. The first-order chi connectivity index (χ1) is 13.3. The van der Waals surface area contributed by atoms with Crippen molar-refractivity contribution >= 4 is 15.9 Å². The molecule has 0 aromatic heterocycles. The van der Waals surface area contributed by atoms with E-state index in [9.17, 15) is 13.2 Å². The number of sulfonamides is 1. The van der Waals surface area contributed by atoms with Crippen molar-refractivity contribution in [2.75, 3.05) is 7.05 Å². The maximum absolute atomic E-state index is 12.9. The molecule has 1 atom stereocenters. The third-order valence-corrected chi connectivity index (χ3v) is 7.12. The zero-order valence-corrected chi connectivity index (χ0v) is 17.5. The maximum Gasteiger partial charge on any atom is 0.251 e. The average molecular weight is 401 g/mol. The van der Waals surface area contributed by atoms with E-state index in [-0.39, 0.29) is 12.5 Å². The number of benzene rings is 2. The normalized spacial score (nSPS) is 15.4. The second-order valence-corrected chi connectivity index (χ2v) is 9.63. The van der Waals surface area contributed by atoms with E-state index in [4.69, 9.17) is 0 Å². The second kappa shape index (κ2) is 8.45.